The molecule has 1 aliphatic carbocycles. The van der Waals surface area contributed by atoms with E-state index in [0.717, 1.165) is 42.7 Å². The maximum absolute atomic E-state index is 12.8. The lowest BCUT2D eigenvalue weighted by Gasteiger charge is -2.36. The van der Waals surface area contributed by atoms with Crippen molar-refractivity contribution in [3.8, 4) is 0 Å². The lowest BCUT2D eigenvalue weighted by atomic mass is 9.68. The second-order valence-electron chi connectivity index (χ2n) is 16.2. The van der Waals surface area contributed by atoms with Gasteiger partial charge >= 0.3 is 0 Å². The summed E-state index contributed by atoms with van der Waals surface area (Å²) in [6.45, 7) is 19.0. The zero-order valence-corrected chi connectivity index (χ0v) is 31.8. The van der Waals surface area contributed by atoms with Crippen molar-refractivity contribution >= 4 is 11.8 Å². The third-order valence-corrected chi connectivity index (χ3v) is 12.2. The minimum atomic E-state index is 0.0132. The van der Waals surface area contributed by atoms with Crippen LogP contribution in [0.15, 0.2) is 94.7 Å². The van der Waals surface area contributed by atoms with Gasteiger partial charge in [-0.15, -0.1) is 0 Å². The lowest BCUT2D eigenvalue weighted by Crippen LogP contribution is -2.35. The molecule has 50 heavy (non-hydrogen) atoms. The second-order valence-corrected chi connectivity index (χ2v) is 16.2. The summed E-state index contributed by atoms with van der Waals surface area (Å²) in [6, 6.07) is 1.34. The highest BCUT2D eigenvalue weighted by molar-refractivity contribution is 5.93. The average molecular weight is 681 g/mol. The van der Waals surface area contributed by atoms with E-state index in [1.807, 2.05) is 38.2 Å². The van der Waals surface area contributed by atoms with Gasteiger partial charge in [-0.25, -0.2) is 0 Å². The molecule has 6 nitrogen and oxygen atoms in total. The van der Waals surface area contributed by atoms with E-state index in [1.54, 1.807) is 0 Å². The number of carbonyl (C=O) groups is 2. The van der Waals surface area contributed by atoms with E-state index in [2.05, 4.69) is 90.7 Å². The smallest absolute Gasteiger partial charge is 0.246 e. The highest BCUT2D eigenvalue weighted by Crippen LogP contribution is 2.42. The van der Waals surface area contributed by atoms with Crippen LogP contribution >= 0.6 is 0 Å². The molecule has 6 heteroatoms. The summed E-state index contributed by atoms with van der Waals surface area (Å²) in [5.74, 6) is 1.56. The maximum Gasteiger partial charge on any atom is 0.246 e. The Hall–Kier alpha value is -3.22. The Kier molecular flexibility index (Phi) is 13.5. The average Bonchev–Trinajstić information content (AvgIpc) is 3.89. The third-order valence-electron chi connectivity index (χ3n) is 12.2. The molecule has 0 aromatic carbocycles. The zero-order valence-electron chi connectivity index (χ0n) is 31.8. The van der Waals surface area contributed by atoms with Gasteiger partial charge in [-0.3, -0.25) is 9.59 Å². The maximum atomic E-state index is 12.8. The first-order valence-corrected chi connectivity index (χ1v) is 19.5. The van der Waals surface area contributed by atoms with E-state index in [9.17, 15) is 9.59 Å². The van der Waals surface area contributed by atoms with Crippen LogP contribution in [0.3, 0.4) is 0 Å². The normalized spacial score (nSPS) is 31.6. The minimum Gasteiger partial charge on any atom is -0.352 e. The number of hydrogen-bond acceptors (Lipinski definition) is 4. The van der Waals surface area contributed by atoms with E-state index >= 15 is 0 Å². The summed E-state index contributed by atoms with van der Waals surface area (Å²) in [5, 5.41) is 6.38. The molecule has 4 heterocycles. The summed E-state index contributed by atoms with van der Waals surface area (Å²) >= 11 is 0. The van der Waals surface area contributed by atoms with Crippen molar-refractivity contribution in [2.75, 3.05) is 39.3 Å². The molecule has 2 N–H and O–H groups in total. The molecule has 272 valence electrons. The van der Waals surface area contributed by atoms with Crippen molar-refractivity contribution in [2.24, 2.45) is 23.2 Å². The highest BCUT2D eigenvalue weighted by Gasteiger charge is 2.38. The monoisotopic (exact) mass is 681 g/mol. The Morgan fingerprint density at radius 2 is 1.30 bits per heavy atom. The summed E-state index contributed by atoms with van der Waals surface area (Å²) in [7, 11) is 0. The molecule has 0 radical (unpaired) electrons. The topological polar surface area (TPSA) is 64.7 Å². The zero-order chi connectivity index (χ0) is 35.7. The van der Waals surface area contributed by atoms with Gasteiger partial charge in [0.2, 0.25) is 11.8 Å². The fourth-order valence-corrected chi connectivity index (χ4v) is 8.88. The Balaban J connectivity index is 1.10. The quantitative estimate of drug-likeness (QED) is 0.118. The highest BCUT2D eigenvalue weighted by atomic mass is 16.2. The van der Waals surface area contributed by atoms with E-state index in [-0.39, 0.29) is 17.2 Å². The molecule has 4 aliphatic heterocycles. The number of fused-ring (bicyclic) bond motifs is 2. The molecule has 0 bridgehead atoms. The van der Waals surface area contributed by atoms with E-state index in [0.29, 0.717) is 29.8 Å². The number of carbonyl (C=O) groups excluding carboxylic acids is 2. The molecular formula is C44H64N4O2. The fourth-order valence-electron chi connectivity index (χ4n) is 8.88. The molecule has 5 rings (SSSR count). The van der Waals surface area contributed by atoms with Crippen LogP contribution in [0.4, 0.5) is 0 Å². The van der Waals surface area contributed by atoms with E-state index < -0.39 is 0 Å². The van der Waals surface area contributed by atoms with Crippen LogP contribution in [0.2, 0.25) is 0 Å². The molecule has 0 aromatic rings. The molecular weight excluding hydrogens is 617 g/mol. The first kappa shape index (κ1) is 38.0. The van der Waals surface area contributed by atoms with E-state index in [1.165, 1.54) is 75.9 Å². The van der Waals surface area contributed by atoms with Gasteiger partial charge in [-0.2, -0.15) is 0 Å². The molecule has 0 spiro atoms. The second kappa shape index (κ2) is 17.8. The molecule has 4 fully saturated rings. The summed E-state index contributed by atoms with van der Waals surface area (Å²) in [4.78, 5) is 30.7. The summed E-state index contributed by atoms with van der Waals surface area (Å²) < 4.78 is 0. The fraction of sp³-hybridized carbons (Fsp3) is 0.591. The largest absolute Gasteiger partial charge is 0.352 e. The molecule has 4 saturated heterocycles. The van der Waals surface area contributed by atoms with Crippen molar-refractivity contribution < 1.29 is 9.59 Å². The molecule has 5 aliphatic rings. The number of nitrogens with zero attached hydrogens (tertiary/aromatic N) is 2. The van der Waals surface area contributed by atoms with Gasteiger partial charge in [-0.05, 0) is 129 Å². The van der Waals surface area contributed by atoms with Crippen molar-refractivity contribution in [3.05, 3.63) is 94.7 Å². The Bertz CT molecular complexity index is 1470. The van der Waals surface area contributed by atoms with Gasteiger partial charge in [0.25, 0.3) is 0 Å². The standard InChI is InChI=1S/C44H64N4O2/c1-32(12-7-15-35(4)42(49)45-30-37-20-26-47-24-10-17-40(37)47)14-9-22-44(6)23-19-34(3)29-39(44)28-33(2)13-8-16-36(5)43(50)46-31-38-21-27-48-25-11-18-41(38)48/h7-9,12-16,22,28-29,37-41H,10-11,17-21,23-27,30-31H2,1-6H3,(H,45,49)(H,46,50)/b12-7-,13-8+,22-9+,32-14+,33-28+,35-15+,36-16+/t37-,38+,39+,40-,41+,44+/m1/s1. The van der Waals surface area contributed by atoms with Crippen LogP contribution in [-0.4, -0.2) is 73.0 Å². The van der Waals surface area contributed by atoms with Gasteiger partial charge in [0.15, 0.2) is 0 Å². The Morgan fingerprint density at radius 1 is 0.760 bits per heavy atom. The number of nitrogens with one attached hydrogen (secondary N) is 2. The van der Waals surface area contributed by atoms with Crippen LogP contribution in [0.25, 0.3) is 0 Å². The predicted molar refractivity (Wildman–Crippen MR) is 208 cm³/mol. The van der Waals surface area contributed by atoms with Crippen LogP contribution in [0, 0.1) is 23.2 Å². The Morgan fingerprint density at radius 3 is 1.86 bits per heavy atom. The van der Waals surface area contributed by atoms with Gasteiger partial charge < -0.3 is 20.4 Å². The van der Waals surface area contributed by atoms with Crippen LogP contribution in [0.5, 0.6) is 0 Å². The molecule has 0 saturated carbocycles. The van der Waals surface area contributed by atoms with Crippen molar-refractivity contribution in [3.63, 3.8) is 0 Å². The SMILES string of the molecule is CC1=C[C@H](/C=C(C)/C=C/C=C(\C)C(=O)NC[C@@H]2CCN3CCC[C@@H]23)[C@@](C)(/C=C/C=C(C)/C=C\C=C(/C)C(=O)NC[C@H]2CCN3CCC[C@H]23)CC1. The molecule has 6 atom stereocenters. The van der Waals surface area contributed by atoms with Crippen LogP contribution in [-0.2, 0) is 9.59 Å². The number of rotatable bonds is 13. The van der Waals surface area contributed by atoms with Crippen molar-refractivity contribution in [2.45, 2.75) is 105 Å². The van der Waals surface area contributed by atoms with Gasteiger partial charge in [-0.1, -0.05) is 90.5 Å². The first-order chi connectivity index (χ1) is 24.0. The number of hydrogen-bond donors (Lipinski definition) is 2. The minimum absolute atomic E-state index is 0.0132. The summed E-state index contributed by atoms with van der Waals surface area (Å²) in [5.41, 5.74) is 5.29. The van der Waals surface area contributed by atoms with Gasteiger partial charge in [0, 0.05) is 42.2 Å². The molecule has 0 aromatic heterocycles. The molecule has 2 amide bonds. The van der Waals surface area contributed by atoms with Crippen molar-refractivity contribution in [1.29, 1.82) is 0 Å². The predicted octanol–water partition coefficient (Wildman–Crippen LogP) is 8.00. The van der Waals surface area contributed by atoms with Crippen LogP contribution in [0.1, 0.15) is 92.9 Å². The van der Waals surface area contributed by atoms with Gasteiger partial charge in [0.1, 0.15) is 0 Å². The summed E-state index contributed by atoms with van der Waals surface area (Å²) in [6.07, 6.45) is 33.3. The lowest BCUT2D eigenvalue weighted by molar-refractivity contribution is -0.118. The van der Waals surface area contributed by atoms with Crippen molar-refractivity contribution in [1.82, 2.24) is 20.4 Å². The Labute approximate surface area is 303 Å². The number of allylic oxidation sites excluding steroid dienone is 14. The molecule has 0 unspecified atom stereocenters. The third kappa shape index (κ3) is 10.2. The number of amides is 2. The van der Waals surface area contributed by atoms with Gasteiger partial charge in [0.05, 0.1) is 0 Å². The van der Waals surface area contributed by atoms with E-state index in [4.69, 9.17) is 0 Å². The first-order valence-electron chi connectivity index (χ1n) is 19.5. The van der Waals surface area contributed by atoms with Crippen LogP contribution < -0.4 is 10.6 Å².